The highest BCUT2D eigenvalue weighted by Crippen LogP contribution is 1.97. The van der Waals surface area contributed by atoms with Gasteiger partial charge in [0.1, 0.15) is 0 Å². The van der Waals surface area contributed by atoms with Gasteiger partial charge in [-0.1, -0.05) is 0 Å². The van der Waals surface area contributed by atoms with Gasteiger partial charge >= 0.3 is 5.97 Å². The number of methoxy groups -OCH3 is 1. The second kappa shape index (κ2) is 6.39. The van der Waals surface area contributed by atoms with Crippen molar-refractivity contribution in [3.05, 3.63) is 0 Å². The topological polar surface area (TPSA) is 58.6 Å². The predicted octanol–water partition coefficient (Wildman–Crippen LogP) is 0.0439. The lowest BCUT2D eigenvalue weighted by Gasteiger charge is -2.06. The number of halogens is 1. The zero-order valence-electron chi connectivity index (χ0n) is 6.34. The summed E-state index contributed by atoms with van der Waals surface area (Å²) >= 11 is 5.12. The molecule has 0 aromatic carbocycles. The van der Waals surface area contributed by atoms with Crippen molar-refractivity contribution in [3.8, 4) is 0 Å². The monoisotopic (exact) mass is 181 g/mol. The van der Waals surface area contributed by atoms with E-state index in [1.54, 1.807) is 0 Å². The van der Waals surface area contributed by atoms with Gasteiger partial charge in [-0.15, -0.1) is 0 Å². The minimum absolute atomic E-state index is 0.218. The van der Waals surface area contributed by atoms with Crippen LogP contribution >= 0.6 is 11.8 Å². The fourth-order valence-corrected chi connectivity index (χ4v) is 0.756. The zero-order valence-corrected chi connectivity index (χ0v) is 7.10. The smallest absolute Gasteiger partial charge is 0.305 e. The van der Waals surface area contributed by atoms with Crippen molar-refractivity contribution in [3.63, 3.8) is 0 Å². The lowest BCUT2D eigenvalue weighted by molar-refractivity contribution is -0.141. The van der Waals surface area contributed by atoms with Gasteiger partial charge in [0.25, 0.3) is 0 Å². The number of aliphatic hydroxyl groups excluding tert-OH is 1. The van der Waals surface area contributed by atoms with Crippen LogP contribution in [-0.4, -0.2) is 30.8 Å². The minimum Gasteiger partial charge on any atom is -0.469 e. The first-order valence-electron chi connectivity index (χ1n) is 3.29. The molecule has 11 heavy (non-hydrogen) atoms. The Kier molecular flexibility index (Phi) is 6.21. The second-order valence-corrected chi connectivity index (χ2v) is 2.37. The van der Waals surface area contributed by atoms with Gasteiger partial charge in [-0.25, -0.2) is 4.84 Å². The molecule has 0 fully saturated rings. The maximum Gasteiger partial charge on any atom is 0.305 e. The maximum atomic E-state index is 10.5. The SMILES string of the molecule is COC(=O)CC[C@@H](O)CNCl. The van der Waals surface area contributed by atoms with E-state index in [0.29, 0.717) is 6.42 Å². The molecule has 66 valence electrons. The normalized spacial score (nSPS) is 12.6. The fourth-order valence-electron chi connectivity index (χ4n) is 0.578. The summed E-state index contributed by atoms with van der Waals surface area (Å²) in [5.74, 6) is -0.321. The van der Waals surface area contributed by atoms with Crippen LogP contribution in [0.2, 0.25) is 0 Å². The number of ether oxygens (including phenoxy) is 1. The number of nitrogens with one attached hydrogen (secondary N) is 1. The number of aliphatic hydroxyl groups is 1. The Morgan fingerprint density at radius 2 is 2.45 bits per heavy atom. The highest BCUT2D eigenvalue weighted by Gasteiger charge is 2.06. The van der Waals surface area contributed by atoms with Gasteiger partial charge in [0.05, 0.1) is 13.2 Å². The lowest BCUT2D eigenvalue weighted by Crippen LogP contribution is -2.21. The summed E-state index contributed by atoms with van der Waals surface area (Å²) in [5, 5.41) is 9.04. The van der Waals surface area contributed by atoms with Gasteiger partial charge in [-0.2, -0.15) is 0 Å². The standard InChI is InChI=1S/C6H12ClNO3/c1-11-6(10)3-2-5(9)4-8-7/h5,8-9H,2-4H2,1H3/t5-/m1/s1. The molecule has 5 heteroatoms. The Morgan fingerprint density at radius 3 is 2.91 bits per heavy atom. The van der Waals surface area contributed by atoms with E-state index in [1.165, 1.54) is 7.11 Å². The van der Waals surface area contributed by atoms with Crippen LogP contribution in [0, 0.1) is 0 Å². The van der Waals surface area contributed by atoms with Crippen molar-refractivity contribution in [2.45, 2.75) is 18.9 Å². The van der Waals surface area contributed by atoms with E-state index < -0.39 is 6.10 Å². The van der Waals surface area contributed by atoms with E-state index in [9.17, 15) is 4.79 Å². The van der Waals surface area contributed by atoms with E-state index in [0.717, 1.165) is 0 Å². The Hall–Kier alpha value is -0.320. The number of hydrogen-bond acceptors (Lipinski definition) is 4. The summed E-state index contributed by atoms with van der Waals surface area (Å²) in [4.78, 5) is 12.8. The van der Waals surface area contributed by atoms with Crippen LogP contribution in [0.1, 0.15) is 12.8 Å². The molecule has 0 aliphatic heterocycles. The molecule has 0 aromatic rings. The Balaban J connectivity index is 3.29. The number of carbonyl (C=O) groups excluding carboxylic acids is 1. The first-order chi connectivity index (χ1) is 5.20. The van der Waals surface area contributed by atoms with E-state index in [4.69, 9.17) is 16.9 Å². The number of esters is 1. The first kappa shape index (κ1) is 10.7. The molecule has 0 heterocycles. The molecule has 0 aliphatic rings. The van der Waals surface area contributed by atoms with Crippen LogP contribution in [0.3, 0.4) is 0 Å². The van der Waals surface area contributed by atoms with Crippen LogP contribution in [-0.2, 0) is 9.53 Å². The first-order valence-corrected chi connectivity index (χ1v) is 3.67. The van der Waals surface area contributed by atoms with Crippen molar-refractivity contribution < 1.29 is 14.6 Å². The van der Waals surface area contributed by atoms with Gasteiger partial charge in [0, 0.05) is 13.0 Å². The molecule has 0 aliphatic carbocycles. The molecule has 0 amide bonds. The largest absolute Gasteiger partial charge is 0.469 e. The summed E-state index contributed by atoms with van der Waals surface area (Å²) < 4.78 is 4.38. The highest BCUT2D eigenvalue weighted by molar-refractivity contribution is 6.13. The van der Waals surface area contributed by atoms with Gasteiger partial charge in [0.15, 0.2) is 0 Å². The van der Waals surface area contributed by atoms with Crippen molar-refractivity contribution in [1.82, 2.24) is 4.84 Å². The molecule has 0 saturated carbocycles. The van der Waals surface area contributed by atoms with Crippen molar-refractivity contribution in [2.75, 3.05) is 13.7 Å². The molecule has 0 rings (SSSR count). The molecule has 0 radical (unpaired) electrons. The van der Waals surface area contributed by atoms with Gasteiger partial charge in [0.2, 0.25) is 0 Å². The zero-order chi connectivity index (χ0) is 8.69. The summed E-state index contributed by atoms with van der Waals surface area (Å²) in [6.45, 7) is 0.276. The van der Waals surface area contributed by atoms with Crippen molar-refractivity contribution >= 4 is 17.7 Å². The van der Waals surface area contributed by atoms with Crippen LogP contribution < -0.4 is 4.84 Å². The molecule has 0 aromatic heterocycles. The third-order valence-corrected chi connectivity index (χ3v) is 1.38. The summed E-state index contributed by atoms with van der Waals surface area (Å²) in [5.41, 5.74) is 0. The van der Waals surface area contributed by atoms with Gasteiger partial charge in [-0.3, -0.25) is 4.79 Å². The van der Waals surface area contributed by atoms with Crippen LogP contribution in [0.15, 0.2) is 0 Å². The second-order valence-electron chi connectivity index (χ2n) is 2.11. The molecule has 0 unspecified atom stereocenters. The summed E-state index contributed by atoms with van der Waals surface area (Å²) in [6.07, 6.45) is -0.00517. The van der Waals surface area contributed by atoms with E-state index in [1.807, 2.05) is 0 Å². The number of rotatable bonds is 5. The van der Waals surface area contributed by atoms with Crippen molar-refractivity contribution in [2.24, 2.45) is 0 Å². The quantitative estimate of drug-likeness (QED) is 0.465. The third kappa shape index (κ3) is 6.09. The maximum absolute atomic E-state index is 10.5. The predicted molar refractivity (Wildman–Crippen MR) is 41.1 cm³/mol. The molecular formula is C6H12ClNO3. The van der Waals surface area contributed by atoms with E-state index >= 15 is 0 Å². The third-order valence-electron chi connectivity index (χ3n) is 1.22. The summed E-state index contributed by atoms with van der Waals surface area (Å²) in [7, 11) is 1.31. The lowest BCUT2D eigenvalue weighted by atomic mass is 10.2. The van der Waals surface area contributed by atoms with E-state index in [2.05, 4.69) is 9.57 Å². The fraction of sp³-hybridized carbons (Fsp3) is 0.833. The number of hydrogen-bond donors (Lipinski definition) is 2. The Morgan fingerprint density at radius 1 is 1.82 bits per heavy atom. The Labute approximate surface area is 70.6 Å². The highest BCUT2D eigenvalue weighted by atomic mass is 35.5. The van der Waals surface area contributed by atoms with Crippen LogP contribution in [0.5, 0.6) is 0 Å². The average Bonchev–Trinajstić information content (AvgIpc) is 2.01. The van der Waals surface area contributed by atoms with Crippen LogP contribution in [0.25, 0.3) is 0 Å². The minimum atomic E-state index is -0.591. The Bertz CT molecular complexity index is 120. The van der Waals surface area contributed by atoms with E-state index in [-0.39, 0.29) is 18.9 Å². The molecule has 2 N–H and O–H groups in total. The number of carbonyl (C=O) groups is 1. The molecular weight excluding hydrogens is 170 g/mol. The van der Waals surface area contributed by atoms with Crippen LogP contribution in [0.4, 0.5) is 0 Å². The molecule has 0 saturated heterocycles. The molecule has 1 atom stereocenters. The molecule has 4 nitrogen and oxygen atoms in total. The molecule has 0 spiro atoms. The summed E-state index contributed by atoms with van der Waals surface area (Å²) in [6, 6.07) is 0. The van der Waals surface area contributed by atoms with Gasteiger partial charge < -0.3 is 9.84 Å². The van der Waals surface area contributed by atoms with Crippen molar-refractivity contribution in [1.29, 1.82) is 0 Å². The average molecular weight is 182 g/mol. The van der Waals surface area contributed by atoms with Gasteiger partial charge in [-0.05, 0) is 18.2 Å². The molecule has 0 bridgehead atoms.